The lowest BCUT2D eigenvalue weighted by molar-refractivity contribution is -0.119. The van der Waals surface area contributed by atoms with Crippen molar-refractivity contribution in [2.75, 3.05) is 13.1 Å². The van der Waals surface area contributed by atoms with Gasteiger partial charge in [-0.25, -0.2) is 4.39 Å². The average Bonchev–Trinajstić information content (AvgIpc) is 2.14. The van der Waals surface area contributed by atoms with Crippen LogP contribution in [-0.4, -0.2) is 23.9 Å². The van der Waals surface area contributed by atoms with Crippen molar-refractivity contribution >= 4 is 21.8 Å². The molecule has 1 amide bonds. The van der Waals surface area contributed by atoms with Crippen LogP contribution < -0.4 is 5.73 Å². The van der Waals surface area contributed by atoms with Crippen LogP contribution in [0.2, 0.25) is 0 Å². The van der Waals surface area contributed by atoms with Crippen LogP contribution in [0.4, 0.5) is 4.39 Å². The Bertz CT molecular complexity index is 364. The normalized spacial score (nSPS) is 10.8. The zero-order valence-corrected chi connectivity index (χ0v) is 10.6. The first-order valence-corrected chi connectivity index (χ1v) is 5.76. The summed E-state index contributed by atoms with van der Waals surface area (Å²) in [6.45, 7) is 3.31. The maximum absolute atomic E-state index is 13.1. The second-order valence-corrected chi connectivity index (χ2v) is 4.46. The van der Waals surface area contributed by atoms with Crippen molar-refractivity contribution in [3.8, 4) is 0 Å². The number of nitrogens with zero attached hydrogens (tertiary/aromatic N) is 1. The van der Waals surface area contributed by atoms with E-state index in [-0.39, 0.29) is 18.3 Å². The van der Waals surface area contributed by atoms with Gasteiger partial charge in [0.2, 0.25) is 5.91 Å². The Morgan fingerprint density at radius 1 is 1.50 bits per heavy atom. The van der Waals surface area contributed by atoms with E-state index in [0.29, 0.717) is 17.6 Å². The molecule has 0 aliphatic carbocycles. The second kappa shape index (κ2) is 5.96. The molecule has 0 heterocycles. The molecule has 0 unspecified atom stereocenters. The summed E-state index contributed by atoms with van der Waals surface area (Å²) in [6, 6.07) is 4.68. The number of rotatable bonds is 5. The van der Waals surface area contributed by atoms with Crippen molar-refractivity contribution in [1.82, 2.24) is 4.90 Å². The smallest absolute Gasteiger partial charge is 0.231 e. The minimum absolute atomic E-state index is 0.185. The zero-order chi connectivity index (χ0) is 12.1. The third-order valence-corrected chi connectivity index (χ3v) is 2.61. The van der Waals surface area contributed by atoms with Crippen LogP contribution in [-0.2, 0) is 11.3 Å². The van der Waals surface area contributed by atoms with E-state index in [2.05, 4.69) is 15.9 Å². The number of hydrogen-bond donors (Lipinski definition) is 1. The first kappa shape index (κ1) is 13.1. The summed E-state index contributed by atoms with van der Waals surface area (Å²) in [6.07, 6.45) is 0. The molecule has 0 bridgehead atoms. The van der Waals surface area contributed by atoms with E-state index in [9.17, 15) is 9.18 Å². The van der Waals surface area contributed by atoms with E-state index in [4.69, 9.17) is 5.73 Å². The molecule has 0 saturated heterocycles. The van der Waals surface area contributed by atoms with E-state index in [0.717, 1.165) is 5.56 Å². The Balaban J connectivity index is 2.73. The van der Waals surface area contributed by atoms with Gasteiger partial charge in [-0.1, -0.05) is 22.9 Å². The average molecular weight is 289 g/mol. The van der Waals surface area contributed by atoms with Gasteiger partial charge < -0.3 is 5.73 Å². The van der Waals surface area contributed by atoms with Crippen LogP contribution in [0.3, 0.4) is 0 Å². The van der Waals surface area contributed by atoms with Gasteiger partial charge in [-0.3, -0.25) is 9.69 Å². The van der Waals surface area contributed by atoms with Gasteiger partial charge in [-0.15, -0.1) is 0 Å². The third-order valence-electron chi connectivity index (χ3n) is 2.16. The molecule has 1 aromatic carbocycles. The highest BCUT2D eigenvalue weighted by Crippen LogP contribution is 2.16. The Hall–Kier alpha value is -0.940. The molecule has 1 aromatic rings. The summed E-state index contributed by atoms with van der Waals surface area (Å²) in [5.41, 5.74) is 5.93. The van der Waals surface area contributed by atoms with Gasteiger partial charge in [-0.05, 0) is 30.3 Å². The molecule has 0 atom stereocenters. The topological polar surface area (TPSA) is 46.3 Å². The lowest BCUT2D eigenvalue weighted by Gasteiger charge is -2.18. The van der Waals surface area contributed by atoms with Gasteiger partial charge in [0.05, 0.1) is 6.54 Å². The molecule has 88 valence electrons. The summed E-state index contributed by atoms with van der Waals surface area (Å²) in [7, 11) is 0. The van der Waals surface area contributed by atoms with Crippen LogP contribution in [0.1, 0.15) is 12.5 Å². The number of amides is 1. The molecule has 0 aliphatic rings. The van der Waals surface area contributed by atoms with Crippen LogP contribution >= 0.6 is 15.9 Å². The molecule has 0 fully saturated rings. The fourth-order valence-corrected chi connectivity index (χ4v) is 1.97. The van der Waals surface area contributed by atoms with Crippen LogP contribution in [0, 0.1) is 5.82 Å². The van der Waals surface area contributed by atoms with Crippen molar-refractivity contribution in [3.05, 3.63) is 34.1 Å². The van der Waals surface area contributed by atoms with Gasteiger partial charge in [0.1, 0.15) is 5.82 Å². The molecular weight excluding hydrogens is 275 g/mol. The largest absolute Gasteiger partial charge is 0.369 e. The van der Waals surface area contributed by atoms with Crippen molar-refractivity contribution < 1.29 is 9.18 Å². The molecule has 0 spiro atoms. The molecule has 0 aromatic heterocycles. The lowest BCUT2D eigenvalue weighted by Crippen LogP contribution is -2.33. The summed E-state index contributed by atoms with van der Waals surface area (Å²) in [4.78, 5) is 12.6. The summed E-state index contributed by atoms with van der Waals surface area (Å²) in [5.74, 6) is -0.670. The quantitative estimate of drug-likeness (QED) is 0.900. The minimum atomic E-state index is -0.377. The van der Waals surface area contributed by atoms with Crippen LogP contribution in [0.15, 0.2) is 22.7 Å². The van der Waals surface area contributed by atoms with Crippen molar-refractivity contribution in [2.45, 2.75) is 13.5 Å². The third kappa shape index (κ3) is 4.28. The number of carbonyl (C=O) groups excluding carboxylic acids is 1. The summed E-state index contributed by atoms with van der Waals surface area (Å²) >= 11 is 3.23. The summed E-state index contributed by atoms with van der Waals surface area (Å²) in [5, 5.41) is 0. The number of hydrogen-bond acceptors (Lipinski definition) is 2. The number of carbonyl (C=O) groups is 1. The van der Waals surface area contributed by atoms with E-state index >= 15 is 0 Å². The van der Waals surface area contributed by atoms with E-state index in [1.54, 1.807) is 0 Å². The van der Waals surface area contributed by atoms with E-state index in [1.807, 2.05) is 17.9 Å². The number of benzene rings is 1. The molecule has 3 nitrogen and oxygen atoms in total. The number of primary amides is 1. The van der Waals surface area contributed by atoms with Gasteiger partial charge in [0.25, 0.3) is 0 Å². The number of likely N-dealkylation sites (N-methyl/N-ethyl adjacent to an activating group) is 1. The Morgan fingerprint density at radius 3 is 2.69 bits per heavy atom. The SMILES string of the molecule is CCN(CC(N)=O)Cc1cc(F)cc(Br)c1. The predicted molar refractivity (Wildman–Crippen MR) is 64.2 cm³/mol. The molecule has 0 aliphatic heterocycles. The fourth-order valence-electron chi connectivity index (χ4n) is 1.46. The first-order chi connectivity index (χ1) is 7.51. The first-order valence-electron chi connectivity index (χ1n) is 4.97. The minimum Gasteiger partial charge on any atom is -0.369 e. The second-order valence-electron chi connectivity index (χ2n) is 3.55. The van der Waals surface area contributed by atoms with E-state index < -0.39 is 0 Å². The standard InChI is InChI=1S/C11H14BrFN2O/c1-2-15(7-11(14)16)6-8-3-9(12)5-10(13)4-8/h3-5H,2,6-7H2,1H3,(H2,14,16). The fraction of sp³-hybridized carbons (Fsp3) is 0.364. The van der Waals surface area contributed by atoms with Crippen LogP contribution in [0.25, 0.3) is 0 Å². The highest BCUT2D eigenvalue weighted by atomic mass is 79.9. The van der Waals surface area contributed by atoms with Gasteiger partial charge in [-0.2, -0.15) is 0 Å². The molecular formula is C11H14BrFN2O. The molecule has 5 heteroatoms. The number of nitrogens with two attached hydrogens (primary N) is 1. The molecule has 2 N–H and O–H groups in total. The van der Waals surface area contributed by atoms with Crippen LogP contribution in [0.5, 0.6) is 0 Å². The van der Waals surface area contributed by atoms with Gasteiger partial charge in [0, 0.05) is 11.0 Å². The maximum Gasteiger partial charge on any atom is 0.231 e. The Morgan fingerprint density at radius 2 is 2.19 bits per heavy atom. The molecule has 1 rings (SSSR count). The van der Waals surface area contributed by atoms with Crippen molar-refractivity contribution in [3.63, 3.8) is 0 Å². The lowest BCUT2D eigenvalue weighted by atomic mass is 10.2. The molecule has 0 radical (unpaired) electrons. The van der Waals surface area contributed by atoms with E-state index in [1.165, 1.54) is 12.1 Å². The van der Waals surface area contributed by atoms with Crippen molar-refractivity contribution in [2.24, 2.45) is 5.73 Å². The predicted octanol–water partition coefficient (Wildman–Crippen LogP) is 1.90. The zero-order valence-electron chi connectivity index (χ0n) is 9.04. The Labute approximate surface area is 103 Å². The summed E-state index contributed by atoms with van der Waals surface area (Å²) < 4.78 is 13.8. The number of halogens is 2. The van der Waals surface area contributed by atoms with Gasteiger partial charge in [0.15, 0.2) is 0 Å². The van der Waals surface area contributed by atoms with Crippen molar-refractivity contribution in [1.29, 1.82) is 0 Å². The van der Waals surface area contributed by atoms with Gasteiger partial charge >= 0.3 is 0 Å². The molecule has 0 saturated carbocycles. The monoisotopic (exact) mass is 288 g/mol. The molecule has 16 heavy (non-hydrogen) atoms. The highest BCUT2D eigenvalue weighted by Gasteiger charge is 2.08. The Kier molecular flexibility index (Phi) is 4.89. The maximum atomic E-state index is 13.1. The highest BCUT2D eigenvalue weighted by molar-refractivity contribution is 9.10.